The molecule has 0 bridgehead atoms. The molecule has 24 heavy (non-hydrogen) atoms. The van der Waals surface area contributed by atoms with Gasteiger partial charge in [0.05, 0.1) is 11.1 Å². The fourth-order valence-corrected chi connectivity index (χ4v) is 3.89. The van der Waals surface area contributed by atoms with Crippen LogP contribution in [0.2, 0.25) is 0 Å². The SMILES string of the molecule is CCC(N)C1CCC(c2ccnc3cc(C(F)(F)F)ccc23)CC1. The van der Waals surface area contributed by atoms with Crippen LogP contribution in [0, 0.1) is 5.92 Å². The maximum Gasteiger partial charge on any atom is 0.416 e. The molecule has 5 heteroatoms. The molecule has 1 unspecified atom stereocenters. The van der Waals surface area contributed by atoms with Gasteiger partial charge in [-0.2, -0.15) is 13.2 Å². The molecule has 0 aliphatic heterocycles. The number of aromatic nitrogens is 1. The van der Waals surface area contributed by atoms with Crippen molar-refractivity contribution in [1.29, 1.82) is 0 Å². The van der Waals surface area contributed by atoms with Crippen molar-refractivity contribution in [3.05, 3.63) is 41.6 Å². The molecule has 2 N–H and O–H groups in total. The molecule has 1 aliphatic carbocycles. The number of benzene rings is 1. The Labute approximate surface area is 140 Å². The highest BCUT2D eigenvalue weighted by molar-refractivity contribution is 5.83. The Balaban J connectivity index is 1.86. The van der Waals surface area contributed by atoms with Crippen LogP contribution in [0.3, 0.4) is 0 Å². The lowest BCUT2D eigenvalue weighted by atomic mass is 9.75. The summed E-state index contributed by atoms with van der Waals surface area (Å²) in [6.07, 6.45) is 2.54. The summed E-state index contributed by atoms with van der Waals surface area (Å²) in [7, 11) is 0. The summed E-state index contributed by atoms with van der Waals surface area (Å²) >= 11 is 0. The van der Waals surface area contributed by atoms with Crippen molar-refractivity contribution in [2.75, 3.05) is 0 Å². The first-order valence-corrected chi connectivity index (χ1v) is 8.61. The van der Waals surface area contributed by atoms with Crippen LogP contribution in [0.5, 0.6) is 0 Å². The average molecular weight is 336 g/mol. The summed E-state index contributed by atoms with van der Waals surface area (Å²) < 4.78 is 38.7. The zero-order valence-corrected chi connectivity index (χ0v) is 13.8. The highest BCUT2D eigenvalue weighted by Gasteiger charge is 2.31. The topological polar surface area (TPSA) is 38.9 Å². The number of hydrogen-bond acceptors (Lipinski definition) is 2. The Morgan fingerprint density at radius 2 is 1.88 bits per heavy atom. The number of halogens is 3. The second-order valence-corrected chi connectivity index (χ2v) is 6.81. The van der Waals surface area contributed by atoms with E-state index in [9.17, 15) is 13.2 Å². The smallest absolute Gasteiger partial charge is 0.327 e. The molecular weight excluding hydrogens is 313 g/mol. The van der Waals surface area contributed by atoms with Crippen LogP contribution in [0.15, 0.2) is 30.5 Å². The lowest BCUT2D eigenvalue weighted by molar-refractivity contribution is -0.137. The average Bonchev–Trinajstić information content (AvgIpc) is 2.59. The first-order chi connectivity index (χ1) is 11.4. The number of hydrogen-bond donors (Lipinski definition) is 1. The molecule has 0 radical (unpaired) electrons. The van der Waals surface area contributed by atoms with Gasteiger partial charge in [0.15, 0.2) is 0 Å². The van der Waals surface area contributed by atoms with Crippen LogP contribution in [0.4, 0.5) is 13.2 Å². The summed E-state index contributed by atoms with van der Waals surface area (Å²) in [5, 5.41) is 0.841. The van der Waals surface area contributed by atoms with E-state index in [2.05, 4.69) is 11.9 Å². The van der Waals surface area contributed by atoms with Gasteiger partial charge in [0.1, 0.15) is 0 Å². The molecule has 0 amide bonds. The van der Waals surface area contributed by atoms with Gasteiger partial charge in [-0.25, -0.2) is 0 Å². The zero-order valence-electron chi connectivity index (χ0n) is 13.8. The van der Waals surface area contributed by atoms with E-state index in [4.69, 9.17) is 5.73 Å². The number of alkyl halides is 3. The maximum absolute atomic E-state index is 12.9. The minimum absolute atomic E-state index is 0.259. The third-order valence-corrected chi connectivity index (χ3v) is 5.39. The summed E-state index contributed by atoms with van der Waals surface area (Å²) in [6, 6.07) is 6.10. The Morgan fingerprint density at radius 1 is 1.17 bits per heavy atom. The van der Waals surface area contributed by atoms with E-state index in [1.807, 2.05) is 6.07 Å². The van der Waals surface area contributed by atoms with Crippen LogP contribution in [0.25, 0.3) is 10.9 Å². The van der Waals surface area contributed by atoms with E-state index in [1.54, 1.807) is 12.3 Å². The third kappa shape index (κ3) is 3.41. The molecule has 2 nitrogen and oxygen atoms in total. The van der Waals surface area contributed by atoms with Crippen molar-refractivity contribution in [2.24, 2.45) is 11.7 Å². The fraction of sp³-hybridized carbons (Fsp3) is 0.526. The van der Waals surface area contributed by atoms with Gasteiger partial charge in [0.25, 0.3) is 0 Å². The van der Waals surface area contributed by atoms with E-state index >= 15 is 0 Å². The molecular formula is C19H23F3N2. The molecule has 130 valence electrons. The Hall–Kier alpha value is -1.62. The molecule has 0 spiro atoms. The van der Waals surface area contributed by atoms with Crippen LogP contribution in [-0.4, -0.2) is 11.0 Å². The van der Waals surface area contributed by atoms with E-state index in [0.29, 0.717) is 17.4 Å². The third-order valence-electron chi connectivity index (χ3n) is 5.39. The monoisotopic (exact) mass is 336 g/mol. The van der Waals surface area contributed by atoms with Crippen molar-refractivity contribution in [3.63, 3.8) is 0 Å². The first-order valence-electron chi connectivity index (χ1n) is 8.61. The van der Waals surface area contributed by atoms with Gasteiger partial charge in [0, 0.05) is 17.6 Å². The van der Waals surface area contributed by atoms with Crippen LogP contribution in [-0.2, 0) is 6.18 Å². The minimum Gasteiger partial charge on any atom is -0.327 e. The number of fused-ring (bicyclic) bond motifs is 1. The molecule has 1 fully saturated rings. The Morgan fingerprint density at radius 3 is 2.50 bits per heavy atom. The molecule has 3 rings (SSSR count). The number of rotatable bonds is 3. The normalized spacial score (nSPS) is 23.4. The van der Waals surface area contributed by atoms with Crippen molar-refractivity contribution >= 4 is 10.9 Å². The quantitative estimate of drug-likeness (QED) is 0.830. The molecule has 1 heterocycles. The highest BCUT2D eigenvalue weighted by atomic mass is 19.4. The van der Waals surface area contributed by atoms with E-state index in [0.717, 1.165) is 55.2 Å². The molecule has 0 saturated heterocycles. The lowest BCUT2D eigenvalue weighted by Gasteiger charge is -2.32. The number of nitrogens with two attached hydrogens (primary N) is 1. The van der Waals surface area contributed by atoms with Gasteiger partial charge < -0.3 is 5.73 Å². The molecule has 2 aromatic rings. The summed E-state index contributed by atoms with van der Waals surface area (Å²) in [5.74, 6) is 0.948. The number of nitrogens with zero attached hydrogens (tertiary/aromatic N) is 1. The van der Waals surface area contributed by atoms with E-state index in [1.165, 1.54) is 0 Å². The van der Waals surface area contributed by atoms with Crippen molar-refractivity contribution in [2.45, 2.75) is 57.2 Å². The summed E-state index contributed by atoms with van der Waals surface area (Å²) in [4.78, 5) is 4.15. The maximum atomic E-state index is 12.9. The van der Waals surface area contributed by atoms with Crippen LogP contribution >= 0.6 is 0 Å². The van der Waals surface area contributed by atoms with Gasteiger partial charge in [0.2, 0.25) is 0 Å². The van der Waals surface area contributed by atoms with Gasteiger partial charge in [-0.05, 0) is 67.7 Å². The van der Waals surface area contributed by atoms with Crippen LogP contribution < -0.4 is 5.73 Å². The van der Waals surface area contributed by atoms with Crippen LogP contribution in [0.1, 0.15) is 56.1 Å². The molecule has 1 aliphatic rings. The molecule has 1 saturated carbocycles. The molecule has 1 aromatic carbocycles. The summed E-state index contributed by atoms with van der Waals surface area (Å²) in [6.45, 7) is 2.12. The summed E-state index contributed by atoms with van der Waals surface area (Å²) in [5.41, 5.74) is 7.07. The second-order valence-electron chi connectivity index (χ2n) is 6.81. The second kappa shape index (κ2) is 6.71. The van der Waals surface area contributed by atoms with Crippen molar-refractivity contribution in [1.82, 2.24) is 4.98 Å². The van der Waals surface area contributed by atoms with Gasteiger partial charge in [-0.15, -0.1) is 0 Å². The molecule has 1 atom stereocenters. The van der Waals surface area contributed by atoms with Gasteiger partial charge in [-0.3, -0.25) is 4.98 Å². The van der Waals surface area contributed by atoms with Crippen molar-refractivity contribution in [3.8, 4) is 0 Å². The Kier molecular flexibility index (Phi) is 4.81. The predicted octanol–water partition coefficient (Wildman–Crippen LogP) is 5.26. The Bertz CT molecular complexity index is 703. The van der Waals surface area contributed by atoms with E-state index < -0.39 is 11.7 Å². The fourth-order valence-electron chi connectivity index (χ4n) is 3.89. The largest absolute Gasteiger partial charge is 0.416 e. The van der Waals surface area contributed by atoms with Gasteiger partial charge in [-0.1, -0.05) is 13.0 Å². The zero-order chi connectivity index (χ0) is 17.3. The van der Waals surface area contributed by atoms with Gasteiger partial charge >= 0.3 is 6.18 Å². The first kappa shape index (κ1) is 17.2. The highest BCUT2D eigenvalue weighted by Crippen LogP contribution is 2.40. The minimum atomic E-state index is -4.33. The lowest BCUT2D eigenvalue weighted by Crippen LogP contribution is -2.32. The number of pyridine rings is 1. The van der Waals surface area contributed by atoms with Crippen molar-refractivity contribution < 1.29 is 13.2 Å². The predicted molar refractivity (Wildman–Crippen MR) is 89.7 cm³/mol. The molecule has 1 aromatic heterocycles. The standard InChI is InChI=1S/C19H23F3N2/c1-2-17(23)13-5-3-12(4-6-13)15-9-10-24-18-11-14(19(20,21)22)7-8-16(15)18/h7-13,17H,2-6,23H2,1H3. The van der Waals surface area contributed by atoms with E-state index in [-0.39, 0.29) is 6.04 Å².